The topological polar surface area (TPSA) is 118 Å². The van der Waals surface area contributed by atoms with Crippen LogP contribution in [-0.2, 0) is 9.53 Å². The van der Waals surface area contributed by atoms with Crippen LogP contribution in [-0.4, -0.2) is 35.3 Å². The van der Waals surface area contributed by atoms with Crippen molar-refractivity contribution in [1.82, 2.24) is 10.3 Å². The van der Waals surface area contributed by atoms with Gasteiger partial charge >= 0.3 is 5.97 Å². The van der Waals surface area contributed by atoms with Crippen LogP contribution in [0.2, 0.25) is 0 Å². The fourth-order valence-corrected chi connectivity index (χ4v) is 1.29. The third-order valence-electron chi connectivity index (χ3n) is 2.03. The number of nitrogens with two attached hydrogens (primary N) is 1. The van der Waals surface area contributed by atoms with Crippen molar-refractivity contribution in [2.24, 2.45) is 5.73 Å². The fraction of sp³-hybridized carbons (Fsp3) is 0.273. The van der Waals surface area contributed by atoms with Gasteiger partial charge in [-0.15, -0.1) is 0 Å². The summed E-state index contributed by atoms with van der Waals surface area (Å²) in [5, 5.41) is 9.37. The number of hydrogen-bond acceptors (Lipinski definition) is 5. The third-order valence-corrected chi connectivity index (χ3v) is 2.03. The standard InChI is InChI=1S/C11H14N4O3/c1-2-18-10(17)8(15-11(12)13)9(16)7-4-3-5-14-6-7/h3-6,8H,2H2,1H3,(H4,12,13,15). The van der Waals surface area contributed by atoms with Gasteiger partial charge in [-0.1, -0.05) is 0 Å². The second kappa shape index (κ2) is 6.33. The summed E-state index contributed by atoms with van der Waals surface area (Å²) < 4.78 is 4.75. The zero-order valence-electron chi connectivity index (χ0n) is 9.84. The van der Waals surface area contributed by atoms with Crippen LogP contribution in [0.25, 0.3) is 0 Å². The SMILES string of the molecule is CCOC(=O)C(NC(=N)N)C(=O)c1cccnc1. The van der Waals surface area contributed by atoms with Crippen molar-refractivity contribution in [3.63, 3.8) is 0 Å². The number of guanidine groups is 1. The molecule has 0 aliphatic rings. The van der Waals surface area contributed by atoms with Crippen molar-refractivity contribution in [3.8, 4) is 0 Å². The molecule has 0 bridgehead atoms. The summed E-state index contributed by atoms with van der Waals surface area (Å²) in [6, 6.07) is 1.76. The van der Waals surface area contributed by atoms with E-state index in [-0.39, 0.29) is 12.2 Å². The van der Waals surface area contributed by atoms with Gasteiger partial charge in [-0.3, -0.25) is 15.2 Å². The summed E-state index contributed by atoms with van der Waals surface area (Å²) >= 11 is 0. The number of aromatic nitrogens is 1. The lowest BCUT2D eigenvalue weighted by molar-refractivity contribution is -0.143. The van der Waals surface area contributed by atoms with Gasteiger partial charge in [-0.25, -0.2) is 4.79 Å². The maximum Gasteiger partial charge on any atom is 0.336 e. The second-order valence-electron chi connectivity index (χ2n) is 3.35. The van der Waals surface area contributed by atoms with Gasteiger partial charge in [0, 0.05) is 18.0 Å². The molecule has 1 heterocycles. The molecule has 0 radical (unpaired) electrons. The number of pyridine rings is 1. The number of carbonyl (C=O) groups excluding carboxylic acids is 2. The Balaban J connectivity index is 2.92. The smallest absolute Gasteiger partial charge is 0.336 e. The minimum Gasteiger partial charge on any atom is -0.464 e. The molecule has 0 spiro atoms. The van der Waals surface area contributed by atoms with E-state index in [0.717, 1.165) is 0 Å². The molecule has 1 aromatic heterocycles. The minimum absolute atomic E-state index is 0.134. The lowest BCUT2D eigenvalue weighted by Crippen LogP contribution is -2.49. The number of nitrogens with one attached hydrogen (secondary N) is 2. The normalized spacial score (nSPS) is 11.4. The Hall–Kier alpha value is -2.44. The summed E-state index contributed by atoms with van der Waals surface area (Å²) in [6.07, 6.45) is 2.84. The van der Waals surface area contributed by atoms with E-state index in [0.29, 0.717) is 0 Å². The van der Waals surface area contributed by atoms with Crippen LogP contribution in [0.1, 0.15) is 17.3 Å². The van der Waals surface area contributed by atoms with Gasteiger partial charge in [-0.05, 0) is 19.1 Å². The van der Waals surface area contributed by atoms with Gasteiger partial charge in [0.25, 0.3) is 0 Å². The van der Waals surface area contributed by atoms with E-state index in [1.807, 2.05) is 0 Å². The first kappa shape index (κ1) is 13.6. The molecular weight excluding hydrogens is 236 g/mol. The first-order chi connectivity index (χ1) is 8.56. The molecule has 0 aliphatic heterocycles. The Morgan fingerprint density at radius 1 is 1.61 bits per heavy atom. The first-order valence-electron chi connectivity index (χ1n) is 5.27. The Bertz CT molecular complexity index is 447. The van der Waals surface area contributed by atoms with Crippen molar-refractivity contribution in [2.75, 3.05) is 6.61 Å². The number of nitrogens with zero attached hydrogens (tertiary/aromatic N) is 1. The van der Waals surface area contributed by atoms with Crippen LogP contribution in [0.15, 0.2) is 24.5 Å². The lowest BCUT2D eigenvalue weighted by Gasteiger charge is -2.15. The monoisotopic (exact) mass is 250 g/mol. The van der Waals surface area contributed by atoms with Gasteiger partial charge in [0.1, 0.15) is 0 Å². The zero-order valence-corrected chi connectivity index (χ0v) is 9.84. The number of Topliss-reactive ketones (excluding diaryl/α,β-unsaturated/α-hetero) is 1. The number of ether oxygens (including phenoxy) is 1. The number of ketones is 1. The molecule has 0 saturated heterocycles. The van der Waals surface area contributed by atoms with E-state index in [2.05, 4.69) is 10.3 Å². The van der Waals surface area contributed by atoms with Crippen LogP contribution in [0, 0.1) is 5.41 Å². The Morgan fingerprint density at radius 2 is 2.33 bits per heavy atom. The average molecular weight is 250 g/mol. The van der Waals surface area contributed by atoms with E-state index >= 15 is 0 Å². The first-order valence-corrected chi connectivity index (χ1v) is 5.27. The molecule has 1 aromatic rings. The summed E-state index contributed by atoms with van der Waals surface area (Å²) in [7, 11) is 0. The molecule has 0 saturated carbocycles. The molecule has 7 nitrogen and oxygen atoms in total. The van der Waals surface area contributed by atoms with Crippen molar-refractivity contribution >= 4 is 17.7 Å². The molecule has 7 heteroatoms. The molecule has 0 amide bonds. The largest absolute Gasteiger partial charge is 0.464 e. The number of carbonyl (C=O) groups is 2. The van der Waals surface area contributed by atoms with E-state index in [1.165, 1.54) is 18.5 Å². The number of hydrogen-bond donors (Lipinski definition) is 3. The predicted octanol–water partition coefficient (Wildman–Crippen LogP) is -0.321. The molecule has 4 N–H and O–H groups in total. The summed E-state index contributed by atoms with van der Waals surface area (Å²) in [5.41, 5.74) is 5.38. The van der Waals surface area contributed by atoms with Gasteiger partial charge in [-0.2, -0.15) is 0 Å². The molecule has 0 aromatic carbocycles. The van der Waals surface area contributed by atoms with E-state index in [1.54, 1.807) is 13.0 Å². The summed E-state index contributed by atoms with van der Waals surface area (Å²) in [4.78, 5) is 27.4. The molecule has 1 unspecified atom stereocenters. The van der Waals surface area contributed by atoms with Crippen molar-refractivity contribution in [3.05, 3.63) is 30.1 Å². The van der Waals surface area contributed by atoms with E-state index in [9.17, 15) is 9.59 Å². The zero-order chi connectivity index (χ0) is 13.5. The molecular formula is C11H14N4O3. The highest BCUT2D eigenvalue weighted by molar-refractivity contribution is 6.13. The number of esters is 1. The van der Waals surface area contributed by atoms with Gasteiger partial charge in [0.05, 0.1) is 6.61 Å². The van der Waals surface area contributed by atoms with Crippen molar-refractivity contribution in [2.45, 2.75) is 13.0 Å². The van der Waals surface area contributed by atoms with Gasteiger partial charge in [0.2, 0.25) is 0 Å². The number of rotatable bonds is 5. The van der Waals surface area contributed by atoms with Crippen molar-refractivity contribution < 1.29 is 14.3 Å². The van der Waals surface area contributed by atoms with E-state index in [4.69, 9.17) is 15.9 Å². The lowest BCUT2D eigenvalue weighted by atomic mass is 10.1. The maximum absolute atomic E-state index is 12.0. The summed E-state index contributed by atoms with van der Waals surface area (Å²) in [5.74, 6) is -1.80. The predicted molar refractivity (Wildman–Crippen MR) is 64.0 cm³/mol. The Morgan fingerprint density at radius 3 is 2.83 bits per heavy atom. The highest BCUT2D eigenvalue weighted by atomic mass is 16.5. The van der Waals surface area contributed by atoms with Crippen LogP contribution in [0.5, 0.6) is 0 Å². The molecule has 96 valence electrons. The molecule has 1 atom stereocenters. The van der Waals surface area contributed by atoms with Crippen LogP contribution in [0.3, 0.4) is 0 Å². The highest BCUT2D eigenvalue weighted by Gasteiger charge is 2.29. The third kappa shape index (κ3) is 3.55. The molecule has 0 aliphatic carbocycles. The average Bonchev–Trinajstić information content (AvgIpc) is 2.36. The van der Waals surface area contributed by atoms with Crippen molar-refractivity contribution in [1.29, 1.82) is 5.41 Å². The second-order valence-corrected chi connectivity index (χ2v) is 3.35. The maximum atomic E-state index is 12.0. The quantitative estimate of drug-likeness (QED) is 0.217. The van der Waals surface area contributed by atoms with Crippen LogP contribution < -0.4 is 11.1 Å². The van der Waals surface area contributed by atoms with Gasteiger partial charge in [0.15, 0.2) is 17.8 Å². The molecule has 1 rings (SSSR count). The van der Waals surface area contributed by atoms with Crippen LogP contribution in [0.4, 0.5) is 0 Å². The Labute approximate surface area is 104 Å². The minimum atomic E-state index is -1.33. The molecule has 18 heavy (non-hydrogen) atoms. The fourth-order valence-electron chi connectivity index (χ4n) is 1.29. The molecule has 0 fully saturated rings. The van der Waals surface area contributed by atoms with E-state index < -0.39 is 23.8 Å². The Kier molecular flexibility index (Phi) is 4.79. The summed E-state index contributed by atoms with van der Waals surface area (Å²) in [6.45, 7) is 1.76. The highest BCUT2D eigenvalue weighted by Crippen LogP contribution is 2.03. The van der Waals surface area contributed by atoms with Crippen LogP contribution >= 0.6 is 0 Å². The van der Waals surface area contributed by atoms with Gasteiger partial charge < -0.3 is 15.8 Å².